The van der Waals surface area contributed by atoms with E-state index in [0.29, 0.717) is 6.54 Å². The van der Waals surface area contributed by atoms with E-state index in [1.807, 2.05) is 0 Å². The zero-order chi connectivity index (χ0) is 8.81. The van der Waals surface area contributed by atoms with Gasteiger partial charge in [-0.25, -0.2) is 0 Å². The number of rotatable bonds is 5. The molecule has 12 heavy (non-hydrogen) atoms. The largest absolute Gasteiger partial charge is 0.369 e. The number of hydrogen-bond acceptors (Lipinski definition) is 6. The molecule has 0 saturated carbocycles. The molecule has 6 heteroatoms. The predicted molar refractivity (Wildman–Crippen MR) is 46.2 cm³/mol. The minimum Gasteiger partial charge on any atom is -0.369 e. The summed E-state index contributed by atoms with van der Waals surface area (Å²) in [5.41, 5.74) is 0. The summed E-state index contributed by atoms with van der Waals surface area (Å²) in [4.78, 5) is 0. The summed E-state index contributed by atoms with van der Waals surface area (Å²) in [6.45, 7) is 0.594. The molecule has 0 aromatic carbocycles. The molecule has 1 aromatic rings. The van der Waals surface area contributed by atoms with Crippen molar-refractivity contribution in [2.75, 3.05) is 26.1 Å². The Morgan fingerprint density at radius 1 is 1.58 bits per heavy atom. The highest BCUT2D eigenvalue weighted by Gasteiger charge is 2.04. The van der Waals surface area contributed by atoms with Crippen LogP contribution in [0.4, 0.5) is 5.00 Å². The third-order valence-electron chi connectivity index (χ3n) is 1.33. The van der Waals surface area contributed by atoms with Gasteiger partial charge < -0.3 is 14.8 Å². The average Bonchev–Trinajstić information content (AvgIpc) is 2.59. The lowest BCUT2D eigenvalue weighted by molar-refractivity contribution is -0.0913. The molecule has 0 spiro atoms. The first kappa shape index (κ1) is 9.37. The topological polar surface area (TPSA) is 56.3 Å². The summed E-state index contributed by atoms with van der Waals surface area (Å²) in [6, 6.07) is 0. The third kappa shape index (κ3) is 2.72. The third-order valence-corrected chi connectivity index (χ3v) is 1.95. The van der Waals surface area contributed by atoms with Gasteiger partial charge in [0.25, 0.3) is 0 Å². The van der Waals surface area contributed by atoms with E-state index in [4.69, 9.17) is 9.47 Å². The highest BCUT2D eigenvalue weighted by Crippen LogP contribution is 2.08. The quantitative estimate of drug-likeness (QED) is 0.686. The second-order valence-electron chi connectivity index (χ2n) is 2.06. The number of hydrogen-bond donors (Lipinski definition) is 1. The van der Waals surface area contributed by atoms with Crippen LogP contribution in [0, 0.1) is 0 Å². The molecule has 1 rings (SSSR count). The lowest BCUT2D eigenvalue weighted by atomic mass is 10.6. The monoisotopic (exact) mass is 189 g/mol. The van der Waals surface area contributed by atoms with E-state index < -0.39 is 0 Å². The van der Waals surface area contributed by atoms with E-state index in [2.05, 4.69) is 14.9 Å². The maximum absolute atomic E-state index is 4.98. The highest BCUT2D eigenvalue weighted by molar-refractivity contribution is 7.09. The summed E-state index contributed by atoms with van der Waals surface area (Å²) < 4.78 is 13.7. The Hall–Kier alpha value is -0.720. The summed E-state index contributed by atoms with van der Waals surface area (Å²) >= 11 is 1.30. The molecule has 0 fully saturated rings. The molecule has 0 bridgehead atoms. The first-order valence-electron chi connectivity index (χ1n) is 3.43. The second-order valence-corrected chi connectivity index (χ2v) is 2.85. The van der Waals surface area contributed by atoms with Gasteiger partial charge in [-0.2, -0.15) is 0 Å². The number of methoxy groups -OCH3 is 2. The van der Waals surface area contributed by atoms with Crippen molar-refractivity contribution in [1.82, 2.24) is 9.59 Å². The molecule has 0 aliphatic heterocycles. The average molecular weight is 189 g/mol. The fourth-order valence-electron chi connectivity index (χ4n) is 0.692. The van der Waals surface area contributed by atoms with Gasteiger partial charge in [-0.05, 0) is 0 Å². The molecule has 0 unspecified atom stereocenters. The highest BCUT2D eigenvalue weighted by atomic mass is 32.1. The number of anilines is 1. The molecule has 0 radical (unpaired) electrons. The Morgan fingerprint density at radius 3 is 2.83 bits per heavy atom. The number of nitrogens with one attached hydrogen (secondary N) is 1. The Morgan fingerprint density at radius 2 is 2.33 bits per heavy atom. The second kappa shape index (κ2) is 5.02. The number of aromatic nitrogens is 2. The smallest absolute Gasteiger partial charge is 0.173 e. The van der Waals surface area contributed by atoms with Gasteiger partial charge in [-0.15, -0.1) is 5.10 Å². The van der Waals surface area contributed by atoms with Crippen LogP contribution in [0.15, 0.2) is 6.20 Å². The first-order chi connectivity index (χ1) is 5.86. The van der Waals surface area contributed by atoms with Crippen molar-refractivity contribution in [3.8, 4) is 0 Å². The standard InChI is InChI=1S/C6H11N3O2S/c1-10-6(11-2)4-7-5-3-8-9-12-5/h3,6-7H,4H2,1-2H3. The van der Waals surface area contributed by atoms with Gasteiger partial charge in [0.2, 0.25) is 0 Å². The minimum absolute atomic E-state index is 0.230. The molecule has 0 aliphatic carbocycles. The van der Waals surface area contributed by atoms with E-state index in [0.717, 1.165) is 5.00 Å². The van der Waals surface area contributed by atoms with Gasteiger partial charge >= 0.3 is 0 Å². The van der Waals surface area contributed by atoms with Crippen LogP contribution in [-0.4, -0.2) is 36.6 Å². The molecular formula is C6H11N3O2S. The fraction of sp³-hybridized carbons (Fsp3) is 0.667. The maximum Gasteiger partial charge on any atom is 0.173 e. The fourth-order valence-corrected chi connectivity index (χ4v) is 1.12. The SMILES string of the molecule is COC(CNc1cnns1)OC. The van der Waals surface area contributed by atoms with Crippen LogP contribution >= 0.6 is 11.5 Å². The molecule has 1 aromatic heterocycles. The van der Waals surface area contributed by atoms with Crippen LogP contribution in [0.3, 0.4) is 0 Å². The van der Waals surface area contributed by atoms with Crippen LogP contribution < -0.4 is 5.32 Å². The Bertz CT molecular complexity index is 201. The summed E-state index contributed by atoms with van der Waals surface area (Å²) in [5.74, 6) is 0. The van der Waals surface area contributed by atoms with Gasteiger partial charge in [-0.1, -0.05) is 4.49 Å². The normalized spacial score (nSPS) is 10.6. The summed E-state index contributed by atoms with van der Waals surface area (Å²) in [6.07, 6.45) is 1.43. The van der Waals surface area contributed by atoms with Crippen molar-refractivity contribution in [3.63, 3.8) is 0 Å². The van der Waals surface area contributed by atoms with Crippen molar-refractivity contribution in [1.29, 1.82) is 0 Å². The first-order valence-corrected chi connectivity index (χ1v) is 4.21. The van der Waals surface area contributed by atoms with Gasteiger partial charge in [-0.3, -0.25) is 0 Å². The number of nitrogens with zero attached hydrogens (tertiary/aromatic N) is 2. The molecular weight excluding hydrogens is 178 g/mol. The molecule has 5 nitrogen and oxygen atoms in total. The number of ether oxygens (including phenoxy) is 2. The van der Waals surface area contributed by atoms with Crippen molar-refractivity contribution < 1.29 is 9.47 Å². The Labute approximate surface area is 74.9 Å². The molecule has 0 saturated heterocycles. The molecule has 0 atom stereocenters. The molecule has 1 heterocycles. The molecule has 0 aliphatic rings. The van der Waals surface area contributed by atoms with Crippen molar-refractivity contribution in [3.05, 3.63) is 6.20 Å². The lowest BCUT2D eigenvalue weighted by Crippen LogP contribution is -2.23. The van der Waals surface area contributed by atoms with Crippen molar-refractivity contribution in [2.45, 2.75) is 6.29 Å². The summed E-state index contributed by atoms with van der Waals surface area (Å²) in [5, 5.41) is 7.66. The van der Waals surface area contributed by atoms with Crippen molar-refractivity contribution >= 4 is 16.5 Å². The van der Waals surface area contributed by atoms with Crippen LogP contribution in [0.25, 0.3) is 0 Å². The van der Waals surface area contributed by atoms with Crippen LogP contribution in [0.2, 0.25) is 0 Å². The molecule has 0 amide bonds. The van der Waals surface area contributed by atoms with E-state index >= 15 is 0 Å². The molecule has 1 N–H and O–H groups in total. The molecule has 68 valence electrons. The van der Waals surface area contributed by atoms with Crippen LogP contribution in [0.1, 0.15) is 0 Å². The lowest BCUT2D eigenvalue weighted by Gasteiger charge is -2.12. The van der Waals surface area contributed by atoms with Crippen LogP contribution in [0.5, 0.6) is 0 Å². The van der Waals surface area contributed by atoms with Gasteiger partial charge in [0.15, 0.2) is 6.29 Å². The Balaban J connectivity index is 2.25. The van der Waals surface area contributed by atoms with E-state index in [9.17, 15) is 0 Å². The predicted octanol–water partition coefficient (Wildman–Crippen LogP) is 0.569. The summed E-state index contributed by atoms with van der Waals surface area (Å²) in [7, 11) is 3.20. The van der Waals surface area contributed by atoms with E-state index in [1.165, 1.54) is 11.5 Å². The zero-order valence-electron chi connectivity index (χ0n) is 6.98. The van der Waals surface area contributed by atoms with E-state index in [-0.39, 0.29) is 6.29 Å². The minimum atomic E-state index is -0.230. The van der Waals surface area contributed by atoms with Gasteiger partial charge in [0, 0.05) is 25.8 Å². The van der Waals surface area contributed by atoms with E-state index in [1.54, 1.807) is 20.4 Å². The maximum atomic E-state index is 4.98. The van der Waals surface area contributed by atoms with Gasteiger partial charge in [0.1, 0.15) is 5.00 Å². The Kier molecular flexibility index (Phi) is 3.92. The van der Waals surface area contributed by atoms with Crippen molar-refractivity contribution in [2.24, 2.45) is 0 Å². The zero-order valence-corrected chi connectivity index (χ0v) is 7.80. The van der Waals surface area contributed by atoms with Crippen LogP contribution in [-0.2, 0) is 9.47 Å². The van der Waals surface area contributed by atoms with Gasteiger partial charge in [0.05, 0.1) is 12.7 Å².